The number of anilines is 1. The van der Waals surface area contributed by atoms with E-state index in [1.54, 1.807) is 31.0 Å². The highest BCUT2D eigenvalue weighted by atomic mass is 35.5. The van der Waals surface area contributed by atoms with Crippen molar-refractivity contribution < 1.29 is 9.53 Å². The van der Waals surface area contributed by atoms with E-state index in [0.717, 1.165) is 17.1 Å². The van der Waals surface area contributed by atoms with Crippen LogP contribution in [-0.4, -0.2) is 30.3 Å². The summed E-state index contributed by atoms with van der Waals surface area (Å²) < 4.78 is 5.43. The molecule has 2 amide bonds. The van der Waals surface area contributed by atoms with Gasteiger partial charge in [-0.05, 0) is 24.3 Å². The zero-order chi connectivity index (χ0) is 16.2. The number of thioether (sulfide) groups is 1. The van der Waals surface area contributed by atoms with E-state index in [9.17, 15) is 4.79 Å². The molecule has 0 spiro atoms. The summed E-state index contributed by atoms with van der Waals surface area (Å²) in [5.41, 5.74) is 1.71. The van der Waals surface area contributed by atoms with E-state index in [4.69, 9.17) is 16.3 Å². The van der Waals surface area contributed by atoms with Crippen LogP contribution in [0.25, 0.3) is 0 Å². The molecular weight excluding hydrogens is 332 g/mol. The van der Waals surface area contributed by atoms with Gasteiger partial charge in [-0.1, -0.05) is 35.9 Å². The van der Waals surface area contributed by atoms with Crippen LogP contribution in [0.4, 0.5) is 10.5 Å². The van der Waals surface area contributed by atoms with Gasteiger partial charge in [-0.3, -0.25) is 0 Å². The fourth-order valence-electron chi connectivity index (χ4n) is 2.57. The van der Waals surface area contributed by atoms with Crippen LogP contribution in [0.15, 0.2) is 48.5 Å². The Morgan fingerprint density at radius 3 is 2.91 bits per heavy atom. The maximum Gasteiger partial charge on any atom is 0.323 e. The van der Waals surface area contributed by atoms with Crippen LogP contribution in [0.5, 0.6) is 5.75 Å². The number of urea groups is 1. The van der Waals surface area contributed by atoms with Crippen LogP contribution in [0.2, 0.25) is 5.02 Å². The van der Waals surface area contributed by atoms with Crippen LogP contribution in [0, 0.1) is 0 Å². The van der Waals surface area contributed by atoms with Crippen LogP contribution in [0.1, 0.15) is 10.9 Å². The predicted octanol–water partition coefficient (Wildman–Crippen LogP) is 4.63. The van der Waals surface area contributed by atoms with Gasteiger partial charge in [0.2, 0.25) is 0 Å². The quantitative estimate of drug-likeness (QED) is 0.879. The number of ether oxygens (including phenoxy) is 1. The second-order valence-corrected chi connectivity index (χ2v) is 6.72. The highest BCUT2D eigenvalue weighted by Gasteiger charge is 2.32. The van der Waals surface area contributed by atoms with Crippen LogP contribution in [0.3, 0.4) is 0 Å². The molecule has 2 aromatic carbocycles. The molecule has 0 aliphatic carbocycles. The molecule has 1 saturated heterocycles. The van der Waals surface area contributed by atoms with Crippen molar-refractivity contribution in [3.63, 3.8) is 0 Å². The molecule has 0 aromatic heterocycles. The van der Waals surface area contributed by atoms with Gasteiger partial charge in [-0.2, -0.15) is 0 Å². The Hall–Kier alpha value is -1.85. The number of nitrogens with zero attached hydrogens (tertiary/aromatic N) is 1. The average molecular weight is 349 g/mol. The molecule has 1 unspecified atom stereocenters. The first kappa shape index (κ1) is 16.0. The third-order valence-corrected chi connectivity index (χ3v) is 5.11. The molecule has 1 aliphatic rings. The zero-order valence-corrected chi connectivity index (χ0v) is 14.2. The fraction of sp³-hybridized carbons (Fsp3) is 0.235. The molecule has 0 radical (unpaired) electrons. The van der Waals surface area contributed by atoms with Gasteiger partial charge >= 0.3 is 6.03 Å². The molecule has 1 heterocycles. The SMILES string of the molecule is COc1ccccc1C1SCCN1C(=O)Nc1cccc(Cl)c1. The summed E-state index contributed by atoms with van der Waals surface area (Å²) in [6, 6.07) is 14.8. The van der Waals surface area contributed by atoms with E-state index in [0.29, 0.717) is 17.3 Å². The van der Waals surface area contributed by atoms with Crippen molar-refractivity contribution in [1.29, 1.82) is 0 Å². The minimum atomic E-state index is -0.131. The number of carbonyl (C=O) groups excluding carboxylic acids is 1. The average Bonchev–Trinajstić information content (AvgIpc) is 3.04. The minimum absolute atomic E-state index is 0.0506. The summed E-state index contributed by atoms with van der Waals surface area (Å²) in [6.07, 6.45) is 0. The first-order valence-corrected chi connectivity index (χ1v) is 8.69. The van der Waals surface area contributed by atoms with Gasteiger partial charge in [0.15, 0.2) is 0 Å². The molecule has 2 aromatic rings. The molecule has 120 valence electrons. The monoisotopic (exact) mass is 348 g/mol. The van der Waals surface area contributed by atoms with Crippen LogP contribution < -0.4 is 10.1 Å². The number of hydrogen-bond donors (Lipinski definition) is 1. The van der Waals surface area contributed by atoms with Gasteiger partial charge < -0.3 is 15.0 Å². The molecule has 4 nitrogen and oxygen atoms in total. The van der Waals surface area contributed by atoms with Gasteiger partial charge in [0.1, 0.15) is 11.1 Å². The van der Waals surface area contributed by atoms with Crippen molar-refractivity contribution in [2.24, 2.45) is 0 Å². The molecule has 1 N–H and O–H groups in total. The standard InChI is InChI=1S/C17H17ClN2O2S/c1-22-15-8-3-2-7-14(15)16-20(9-10-23-16)17(21)19-13-6-4-5-12(18)11-13/h2-8,11,16H,9-10H2,1H3,(H,19,21). The van der Waals surface area contributed by atoms with Gasteiger partial charge in [0, 0.05) is 28.6 Å². The summed E-state index contributed by atoms with van der Waals surface area (Å²) in [6.45, 7) is 0.694. The third kappa shape index (κ3) is 3.57. The number of para-hydroxylation sites is 1. The van der Waals surface area contributed by atoms with Gasteiger partial charge in [0.05, 0.1) is 7.11 Å². The second-order valence-electron chi connectivity index (χ2n) is 5.10. The second kappa shape index (κ2) is 7.15. The van der Waals surface area contributed by atoms with Crippen molar-refractivity contribution >= 4 is 35.1 Å². The summed E-state index contributed by atoms with van der Waals surface area (Å²) >= 11 is 7.70. The maximum atomic E-state index is 12.6. The molecule has 1 atom stereocenters. The normalized spacial score (nSPS) is 17.1. The lowest BCUT2D eigenvalue weighted by Crippen LogP contribution is -2.34. The lowest BCUT2D eigenvalue weighted by molar-refractivity contribution is 0.213. The van der Waals surface area contributed by atoms with E-state index in [2.05, 4.69) is 5.32 Å². The number of nitrogens with one attached hydrogen (secondary N) is 1. The Bertz CT molecular complexity index is 710. The maximum absolute atomic E-state index is 12.6. The van der Waals surface area contributed by atoms with E-state index in [1.807, 2.05) is 41.3 Å². The summed E-state index contributed by atoms with van der Waals surface area (Å²) in [4.78, 5) is 14.4. The summed E-state index contributed by atoms with van der Waals surface area (Å²) in [5, 5.41) is 3.46. The van der Waals surface area contributed by atoms with Gasteiger partial charge in [-0.25, -0.2) is 4.79 Å². The lowest BCUT2D eigenvalue weighted by atomic mass is 10.2. The van der Waals surface area contributed by atoms with E-state index < -0.39 is 0 Å². The van der Waals surface area contributed by atoms with Crippen molar-refractivity contribution in [1.82, 2.24) is 4.90 Å². The molecule has 3 rings (SSSR count). The Morgan fingerprint density at radius 1 is 1.30 bits per heavy atom. The number of amides is 2. The highest BCUT2D eigenvalue weighted by Crippen LogP contribution is 2.41. The van der Waals surface area contributed by atoms with E-state index in [1.165, 1.54) is 0 Å². The lowest BCUT2D eigenvalue weighted by Gasteiger charge is -2.25. The highest BCUT2D eigenvalue weighted by molar-refractivity contribution is 7.99. The number of rotatable bonds is 3. The van der Waals surface area contributed by atoms with Crippen LogP contribution in [-0.2, 0) is 0 Å². The molecule has 1 fully saturated rings. The number of methoxy groups -OCH3 is 1. The van der Waals surface area contributed by atoms with E-state index >= 15 is 0 Å². The molecule has 23 heavy (non-hydrogen) atoms. The number of benzene rings is 2. The van der Waals surface area contributed by atoms with Crippen molar-refractivity contribution in [3.05, 3.63) is 59.1 Å². The topological polar surface area (TPSA) is 41.6 Å². The zero-order valence-electron chi connectivity index (χ0n) is 12.7. The predicted molar refractivity (Wildman–Crippen MR) is 95.4 cm³/mol. The number of carbonyl (C=O) groups is 1. The van der Waals surface area contributed by atoms with Crippen LogP contribution >= 0.6 is 23.4 Å². The largest absolute Gasteiger partial charge is 0.496 e. The molecule has 0 saturated carbocycles. The van der Waals surface area contributed by atoms with Crippen molar-refractivity contribution in [2.45, 2.75) is 5.37 Å². The first-order chi connectivity index (χ1) is 11.2. The first-order valence-electron chi connectivity index (χ1n) is 7.27. The fourth-order valence-corrected chi connectivity index (χ4v) is 4.04. The molecule has 0 bridgehead atoms. The molecule has 1 aliphatic heterocycles. The van der Waals surface area contributed by atoms with Crippen molar-refractivity contribution in [2.75, 3.05) is 24.7 Å². The summed E-state index contributed by atoms with van der Waals surface area (Å²) in [7, 11) is 1.65. The van der Waals surface area contributed by atoms with Gasteiger partial charge in [-0.15, -0.1) is 11.8 Å². The van der Waals surface area contributed by atoms with E-state index in [-0.39, 0.29) is 11.4 Å². The van der Waals surface area contributed by atoms with Crippen molar-refractivity contribution in [3.8, 4) is 5.75 Å². The number of hydrogen-bond acceptors (Lipinski definition) is 3. The minimum Gasteiger partial charge on any atom is -0.496 e. The smallest absolute Gasteiger partial charge is 0.323 e. The molecule has 6 heteroatoms. The Kier molecular flexibility index (Phi) is 4.98. The third-order valence-electron chi connectivity index (χ3n) is 3.63. The number of halogens is 1. The Labute approximate surface area is 144 Å². The summed E-state index contributed by atoms with van der Waals surface area (Å²) in [5.74, 6) is 1.69. The Balaban J connectivity index is 1.80. The van der Waals surface area contributed by atoms with Gasteiger partial charge in [0.25, 0.3) is 0 Å². The molecular formula is C17H17ClN2O2S. The Morgan fingerprint density at radius 2 is 2.13 bits per heavy atom.